The molecule has 0 spiro atoms. The Morgan fingerprint density at radius 3 is 2.36 bits per heavy atom. The molecule has 3 nitrogen and oxygen atoms in total. The Morgan fingerprint density at radius 2 is 1.86 bits per heavy atom. The molecule has 0 aromatic carbocycles. The fraction of sp³-hybridized carbons (Fsp3) is 0.909. The van der Waals surface area contributed by atoms with E-state index in [0.29, 0.717) is 0 Å². The van der Waals surface area contributed by atoms with E-state index in [0.717, 1.165) is 19.6 Å². The summed E-state index contributed by atoms with van der Waals surface area (Å²) in [5, 5.41) is 0. The average molecular weight is 199 g/mol. The number of carbonyl (C=O) groups is 1. The zero-order valence-corrected chi connectivity index (χ0v) is 9.29. The van der Waals surface area contributed by atoms with Gasteiger partial charge in [-0.2, -0.15) is 0 Å². The number of esters is 1. The summed E-state index contributed by atoms with van der Waals surface area (Å²) in [7, 11) is 1.46. The molecule has 0 amide bonds. The van der Waals surface area contributed by atoms with Crippen LogP contribution in [-0.4, -0.2) is 37.6 Å². The summed E-state index contributed by atoms with van der Waals surface area (Å²) < 4.78 is 4.72. The fourth-order valence-corrected chi connectivity index (χ4v) is 1.98. The van der Waals surface area contributed by atoms with Crippen molar-refractivity contribution in [2.24, 2.45) is 5.92 Å². The Morgan fingerprint density at radius 1 is 1.29 bits per heavy atom. The lowest BCUT2D eigenvalue weighted by Crippen LogP contribution is -2.33. The van der Waals surface area contributed by atoms with Crippen molar-refractivity contribution in [1.82, 2.24) is 4.90 Å². The summed E-state index contributed by atoms with van der Waals surface area (Å²) in [6.45, 7) is 5.08. The highest BCUT2D eigenvalue weighted by atomic mass is 16.5. The van der Waals surface area contributed by atoms with Gasteiger partial charge < -0.3 is 9.64 Å². The van der Waals surface area contributed by atoms with Crippen LogP contribution in [0.3, 0.4) is 0 Å². The van der Waals surface area contributed by atoms with Gasteiger partial charge in [0.25, 0.3) is 0 Å². The van der Waals surface area contributed by atoms with Crippen molar-refractivity contribution in [2.45, 2.75) is 32.6 Å². The van der Waals surface area contributed by atoms with Gasteiger partial charge in [0.1, 0.15) is 0 Å². The number of methoxy groups -OCH3 is 1. The van der Waals surface area contributed by atoms with Gasteiger partial charge in [-0.15, -0.1) is 0 Å². The second-order valence-electron chi connectivity index (χ2n) is 4.14. The zero-order chi connectivity index (χ0) is 10.4. The Hall–Kier alpha value is -0.570. The first-order valence-corrected chi connectivity index (χ1v) is 5.54. The van der Waals surface area contributed by atoms with E-state index in [1.165, 1.54) is 32.8 Å². The lowest BCUT2D eigenvalue weighted by Gasteiger charge is -2.22. The quantitative estimate of drug-likeness (QED) is 0.648. The minimum Gasteiger partial charge on any atom is -0.469 e. The van der Waals surface area contributed by atoms with Gasteiger partial charge in [0.15, 0.2) is 0 Å². The molecule has 1 saturated heterocycles. The Labute approximate surface area is 86.4 Å². The molecule has 0 N–H and O–H groups in total. The maximum absolute atomic E-state index is 11.2. The van der Waals surface area contributed by atoms with Crippen molar-refractivity contribution in [3.63, 3.8) is 0 Å². The monoisotopic (exact) mass is 199 g/mol. The highest BCUT2D eigenvalue weighted by Gasteiger charge is 2.18. The number of rotatable bonds is 3. The van der Waals surface area contributed by atoms with E-state index in [-0.39, 0.29) is 11.9 Å². The van der Waals surface area contributed by atoms with Gasteiger partial charge in [0.2, 0.25) is 0 Å². The smallest absolute Gasteiger partial charge is 0.309 e. The van der Waals surface area contributed by atoms with Crippen LogP contribution in [0.25, 0.3) is 0 Å². The van der Waals surface area contributed by atoms with Crippen molar-refractivity contribution < 1.29 is 9.53 Å². The summed E-state index contributed by atoms with van der Waals surface area (Å²) in [5.41, 5.74) is 0. The summed E-state index contributed by atoms with van der Waals surface area (Å²) in [6.07, 6.45) is 5.22. The molecule has 0 bridgehead atoms. The first kappa shape index (κ1) is 11.5. The van der Waals surface area contributed by atoms with Gasteiger partial charge in [-0.05, 0) is 25.9 Å². The molecular weight excluding hydrogens is 178 g/mol. The van der Waals surface area contributed by atoms with E-state index in [4.69, 9.17) is 4.74 Å². The molecule has 1 aliphatic rings. The second-order valence-corrected chi connectivity index (χ2v) is 4.14. The van der Waals surface area contributed by atoms with E-state index in [1.807, 2.05) is 6.92 Å². The van der Waals surface area contributed by atoms with Gasteiger partial charge in [-0.1, -0.05) is 19.8 Å². The summed E-state index contributed by atoms with van der Waals surface area (Å²) in [4.78, 5) is 13.6. The predicted molar refractivity (Wildman–Crippen MR) is 56.1 cm³/mol. The number of ether oxygens (including phenoxy) is 1. The number of hydrogen-bond donors (Lipinski definition) is 0. The minimum absolute atomic E-state index is 0.0121. The number of likely N-dealkylation sites (tertiary alicyclic amines) is 1. The van der Waals surface area contributed by atoms with Crippen LogP contribution in [0.15, 0.2) is 0 Å². The summed E-state index contributed by atoms with van der Waals surface area (Å²) in [6, 6.07) is 0. The van der Waals surface area contributed by atoms with Gasteiger partial charge >= 0.3 is 5.97 Å². The van der Waals surface area contributed by atoms with Crippen molar-refractivity contribution >= 4 is 5.97 Å². The standard InChI is InChI=1S/C11H21NO2/c1-10(11(13)14-2)9-12-7-5-3-4-6-8-12/h10H,3-9H2,1-2H3/t10-/m0/s1. The Bertz CT molecular complexity index is 174. The molecule has 0 aromatic heterocycles. The molecule has 0 radical (unpaired) electrons. The van der Waals surface area contributed by atoms with Crippen molar-refractivity contribution in [2.75, 3.05) is 26.7 Å². The molecule has 1 fully saturated rings. The molecule has 1 heterocycles. The van der Waals surface area contributed by atoms with Crippen LogP contribution in [0.2, 0.25) is 0 Å². The highest BCUT2D eigenvalue weighted by molar-refractivity contribution is 5.72. The topological polar surface area (TPSA) is 29.5 Å². The lowest BCUT2D eigenvalue weighted by atomic mass is 10.1. The van der Waals surface area contributed by atoms with E-state index in [2.05, 4.69) is 4.90 Å². The normalized spacial score (nSPS) is 21.3. The Kier molecular flexibility index (Phi) is 4.94. The van der Waals surface area contributed by atoms with Crippen LogP contribution < -0.4 is 0 Å². The fourth-order valence-electron chi connectivity index (χ4n) is 1.98. The first-order valence-electron chi connectivity index (χ1n) is 5.54. The van der Waals surface area contributed by atoms with Crippen molar-refractivity contribution in [1.29, 1.82) is 0 Å². The molecule has 82 valence electrons. The van der Waals surface area contributed by atoms with E-state index < -0.39 is 0 Å². The second kappa shape index (κ2) is 6.02. The third-order valence-corrected chi connectivity index (χ3v) is 2.83. The number of hydrogen-bond acceptors (Lipinski definition) is 3. The zero-order valence-electron chi connectivity index (χ0n) is 9.29. The molecule has 1 aliphatic heterocycles. The maximum atomic E-state index is 11.2. The van der Waals surface area contributed by atoms with Gasteiger partial charge in [0, 0.05) is 6.54 Å². The van der Waals surface area contributed by atoms with Crippen molar-refractivity contribution in [3.8, 4) is 0 Å². The number of carbonyl (C=O) groups excluding carboxylic acids is 1. The third kappa shape index (κ3) is 3.66. The molecule has 1 atom stereocenters. The molecule has 0 aromatic rings. The first-order chi connectivity index (χ1) is 6.74. The van der Waals surface area contributed by atoms with E-state index in [9.17, 15) is 4.79 Å². The van der Waals surface area contributed by atoms with Crippen LogP contribution >= 0.6 is 0 Å². The maximum Gasteiger partial charge on any atom is 0.309 e. The number of nitrogens with zero attached hydrogens (tertiary/aromatic N) is 1. The van der Waals surface area contributed by atoms with Crippen LogP contribution in [0.1, 0.15) is 32.6 Å². The molecule has 0 aliphatic carbocycles. The van der Waals surface area contributed by atoms with Crippen molar-refractivity contribution in [3.05, 3.63) is 0 Å². The average Bonchev–Trinajstić information content (AvgIpc) is 2.45. The highest BCUT2D eigenvalue weighted by Crippen LogP contribution is 2.11. The van der Waals surface area contributed by atoms with Crippen LogP contribution in [0.5, 0.6) is 0 Å². The largest absolute Gasteiger partial charge is 0.469 e. The van der Waals surface area contributed by atoms with Gasteiger partial charge in [-0.3, -0.25) is 4.79 Å². The van der Waals surface area contributed by atoms with Gasteiger partial charge in [-0.25, -0.2) is 0 Å². The van der Waals surface area contributed by atoms with E-state index >= 15 is 0 Å². The van der Waals surface area contributed by atoms with Gasteiger partial charge in [0.05, 0.1) is 13.0 Å². The van der Waals surface area contributed by atoms with Crippen LogP contribution in [0.4, 0.5) is 0 Å². The molecule has 3 heteroatoms. The van der Waals surface area contributed by atoms with Crippen LogP contribution in [0, 0.1) is 5.92 Å². The SMILES string of the molecule is COC(=O)[C@@H](C)CN1CCCCCC1. The summed E-state index contributed by atoms with van der Waals surface area (Å²) >= 11 is 0. The molecule has 0 unspecified atom stereocenters. The van der Waals surface area contributed by atoms with E-state index in [1.54, 1.807) is 0 Å². The Balaban J connectivity index is 2.30. The third-order valence-electron chi connectivity index (χ3n) is 2.83. The molecule has 1 rings (SSSR count). The molecular formula is C11H21NO2. The molecule has 0 saturated carbocycles. The predicted octanol–water partition coefficient (Wildman–Crippen LogP) is 1.67. The van der Waals surface area contributed by atoms with Crippen LogP contribution in [-0.2, 0) is 9.53 Å². The summed E-state index contributed by atoms with van der Waals surface area (Å²) in [5.74, 6) is -0.0765. The lowest BCUT2D eigenvalue weighted by molar-refractivity contribution is -0.145. The molecule has 14 heavy (non-hydrogen) atoms. The minimum atomic E-state index is -0.0887.